The van der Waals surface area contributed by atoms with E-state index in [0.29, 0.717) is 42.2 Å². The van der Waals surface area contributed by atoms with Gasteiger partial charge in [-0.2, -0.15) is 0 Å². The number of carbonyl (C=O) groups excluding carboxylic acids is 2. The van der Waals surface area contributed by atoms with Crippen LogP contribution in [-0.4, -0.2) is 26.1 Å². The van der Waals surface area contributed by atoms with Gasteiger partial charge in [0.1, 0.15) is 6.61 Å². The fourth-order valence-corrected chi connectivity index (χ4v) is 3.28. The Morgan fingerprint density at radius 3 is 2.22 bits per heavy atom. The number of aryl methyl sites for hydroxylation is 1. The van der Waals surface area contributed by atoms with Crippen molar-refractivity contribution in [3.8, 4) is 11.5 Å². The third-order valence-corrected chi connectivity index (χ3v) is 5.29. The summed E-state index contributed by atoms with van der Waals surface area (Å²) in [6, 6.07) is 20.2. The Hall–Kier alpha value is -3.32. The molecule has 0 aliphatic heterocycles. The van der Waals surface area contributed by atoms with E-state index < -0.39 is 5.97 Å². The first kappa shape index (κ1) is 23.3. The number of hydrogen-bond acceptors (Lipinski definition) is 5. The number of nitrogens with one attached hydrogen (secondary N) is 1. The molecule has 3 aromatic carbocycles. The van der Waals surface area contributed by atoms with Crippen molar-refractivity contribution in [3.63, 3.8) is 0 Å². The summed E-state index contributed by atoms with van der Waals surface area (Å²) in [5.41, 5.74) is 3.07. The lowest BCUT2D eigenvalue weighted by Crippen LogP contribution is -2.12. The van der Waals surface area contributed by atoms with E-state index in [1.165, 1.54) is 7.11 Å². The molecule has 0 bridgehead atoms. The second-order valence-corrected chi connectivity index (χ2v) is 7.93. The predicted molar refractivity (Wildman–Crippen MR) is 126 cm³/mol. The van der Waals surface area contributed by atoms with Crippen LogP contribution in [0.3, 0.4) is 0 Å². The van der Waals surface area contributed by atoms with Gasteiger partial charge in [0.15, 0.2) is 11.5 Å². The van der Waals surface area contributed by atoms with Gasteiger partial charge < -0.3 is 19.5 Å². The van der Waals surface area contributed by atoms with E-state index in [9.17, 15) is 9.59 Å². The van der Waals surface area contributed by atoms with Gasteiger partial charge in [-0.3, -0.25) is 4.79 Å². The van der Waals surface area contributed by atoms with Crippen molar-refractivity contribution in [1.82, 2.24) is 0 Å². The fraction of sp³-hybridized carbons (Fsp3) is 0.200. The van der Waals surface area contributed by atoms with Gasteiger partial charge in [0.2, 0.25) is 5.91 Å². The van der Waals surface area contributed by atoms with E-state index in [4.69, 9.17) is 9.47 Å². The summed E-state index contributed by atoms with van der Waals surface area (Å²) in [5.74, 6) is 0.735. The first-order chi connectivity index (χ1) is 15.5. The van der Waals surface area contributed by atoms with E-state index >= 15 is 0 Å². The van der Waals surface area contributed by atoms with Crippen LogP contribution >= 0.6 is 15.9 Å². The largest absolute Gasteiger partial charge is 0.493 e. The van der Waals surface area contributed by atoms with E-state index in [-0.39, 0.29) is 5.91 Å². The first-order valence-electron chi connectivity index (χ1n) is 10.0. The summed E-state index contributed by atoms with van der Waals surface area (Å²) >= 11 is 3.42. The monoisotopic (exact) mass is 497 g/mol. The van der Waals surface area contributed by atoms with Gasteiger partial charge in [0.05, 0.1) is 19.8 Å². The van der Waals surface area contributed by atoms with Crippen LogP contribution in [0.5, 0.6) is 11.5 Å². The van der Waals surface area contributed by atoms with E-state index in [2.05, 4.69) is 26.0 Å². The summed E-state index contributed by atoms with van der Waals surface area (Å²) in [7, 11) is 2.92. The van der Waals surface area contributed by atoms with Crippen molar-refractivity contribution >= 4 is 33.5 Å². The Balaban J connectivity index is 1.53. The molecule has 0 atom stereocenters. The van der Waals surface area contributed by atoms with Crippen molar-refractivity contribution in [2.75, 3.05) is 19.5 Å². The number of amides is 1. The predicted octanol–water partition coefficient (Wildman–Crippen LogP) is 5.39. The second-order valence-electron chi connectivity index (χ2n) is 7.02. The standard InChI is InChI=1S/C25H24BrNO5/c1-30-23-15-17(5-13-22(23)32-16-18-3-9-20(26)10-4-18)6-14-24(28)27-21-11-7-19(8-12-21)25(29)31-2/h3-5,7-13,15H,6,14,16H2,1-2H3,(H,27,28). The molecule has 0 heterocycles. The normalized spacial score (nSPS) is 10.3. The fourth-order valence-electron chi connectivity index (χ4n) is 3.02. The third kappa shape index (κ3) is 6.59. The Bertz CT molecular complexity index is 1060. The zero-order valence-corrected chi connectivity index (χ0v) is 19.5. The van der Waals surface area contributed by atoms with Crippen LogP contribution < -0.4 is 14.8 Å². The van der Waals surface area contributed by atoms with Crippen LogP contribution in [0.1, 0.15) is 27.9 Å². The van der Waals surface area contributed by atoms with Gasteiger partial charge in [0, 0.05) is 16.6 Å². The molecule has 0 aliphatic rings. The molecule has 1 amide bonds. The molecule has 32 heavy (non-hydrogen) atoms. The number of esters is 1. The Kier molecular flexibility index (Phi) is 8.27. The lowest BCUT2D eigenvalue weighted by atomic mass is 10.1. The number of methoxy groups -OCH3 is 2. The SMILES string of the molecule is COC(=O)c1ccc(NC(=O)CCc2ccc(OCc3ccc(Br)cc3)c(OC)c2)cc1. The first-order valence-corrected chi connectivity index (χ1v) is 10.8. The molecule has 0 radical (unpaired) electrons. The number of carbonyl (C=O) groups is 2. The molecule has 7 heteroatoms. The molecular formula is C25H24BrNO5. The van der Waals surface area contributed by atoms with E-state index in [0.717, 1.165) is 15.6 Å². The maximum atomic E-state index is 12.3. The minimum atomic E-state index is -0.416. The molecule has 3 rings (SSSR count). The summed E-state index contributed by atoms with van der Waals surface area (Å²) in [5, 5.41) is 2.83. The zero-order chi connectivity index (χ0) is 22.9. The van der Waals surface area contributed by atoms with Crippen LogP contribution in [0.2, 0.25) is 0 Å². The molecule has 0 fully saturated rings. The number of ether oxygens (including phenoxy) is 3. The van der Waals surface area contributed by atoms with E-state index in [1.807, 2.05) is 42.5 Å². The van der Waals surface area contributed by atoms with Gasteiger partial charge in [0.25, 0.3) is 0 Å². The highest BCUT2D eigenvalue weighted by atomic mass is 79.9. The maximum absolute atomic E-state index is 12.3. The van der Waals surface area contributed by atoms with Gasteiger partial charge >= 0.3 is 5.97 Å². The smallest absolute Gasteiger partial charge is 0.337 e. The Morgan fingerprint density at radius 1 is 0.875 bits per heavy atom. The molecule has 0 aromatic heterocycles. The maximum Gasteiger partial charge on any atom is 0.337 e. The van der Waals surface area contributed by atoms with Crippen molar-refractivity contribution in [3.05, 3.63) is 87.9 Å². The number of anilines is 1. The molecule has 3 aromatic rings. The van der Waals surface area contributed by atoms with Crippen molar-refractivity contribution < 1.29 is 23.8 Å². The van der Waals surface area contributed by atoms with Gasteiger partial charge in [-0.25, -0.2) is 4.79 Å². The molecule has 0 saturated heterocycles. The molecule has 0 saturated carbocycles. The Morgan fingerprint density at radius 2 is 1.56 bits per heavy atom. The third-order valence-electron chi connectivity index (χ3n) is 4.77. The van der Waals surface area contributed by atoms with Crippen LogP contribution in [-0.2, 0) is 22.6 Å². The van der Waals surface area contributed by atoms with E-state index in [1.54, 1.807) is 31.4 Å². The highest BCUT2D eigenvalue weighted by Crippen LogP contribution is 2.29. The average Bonchev–Trinajstić information content (AvgIpc) is 2.82. The quantitative estimate of drug-likeness (QED) is 0.401. The van der Waals surface area contributed by atoms with Crippen LogP contribution in [0, 0.1) is 0 Å². The average molecular weight is 498 g/mol. The summed E-state index contributed by atoms with van der Waals surface area (Å²) in [4.78, 5) is 23.8. The van der Waals surface area contributed by atoms with Crippen LogP contribution in [0.4, 0.5) is 5.69 Å². The number of rotatable bonds is 9. The summed E-state index contributed by atoms with van der Waals surface area (Å²) in [6.07, 6.45) is 0.858. The van der Waals surface area contributed by atoms with Crippen LogP contribution in [0.15, 0.2) is 71.2 Å². The number of halogens is 1. The molecule has 0 aliphatic carbocycles. The van der Waals surface area contributed by atoms with Crippen molar-refractivity contribution in [1.29, 1.82) is 0 Å². The zero-order valence-electron chi connectivity index (χ0n) is 17.9. The van der Waals surface area contributed by atoms with Gasteiger partial charge in [-0.15, -0.1) is 0 Å². The molecule has 166 valence electrons. The molecule has 0 unspecified atom stereocenters. The minimum absolute atomic E-state index is 0.120. The topological polar surface area (TPSA) is 73.9 Å². The highest BCUT2D eigenvalue weighted by molar-refractivity contribution is 9.10. The van der Waals surface area contributed by atoms with Crippen molar-refractivity contribution in [2.45, 2.75) is 19.4 Å². The van der Waals surface area contributed by atoms with Gasteiger partial charge in [-0.1, -0.05) is 34.1 Å². The van der Waals surface area contributed by atoms with Crippen LogP contribution in [0.25, 0.3) is 0 Å². The second kappa shape index (κ2) is 11.3. The molecule has 0 spiro atoms. The lowest BCUT2D eigenvalue weighted by Gasteiger charge is -2.12. The molecule has 6 nitrogen and oxygen atoms in total. The van der Waals surface area contributed by atoms with Crippen molar-refractivity contribution in [2.24, 2.45) is 0 Å². The number of benzene rings is 3. The summed E-state index contributed by atoms with van der Waals surface area (Å²) < 4.78 is 17.0. The summed E-state index contributed by atoms with van der Waals surface area (Å²) in [6.45, 7) is 0.431. The molecular weight excluding hydrogens is 474 g/mol. The number of hydrogen-bond donors (Lipinski definition) is 1. The lowest BCUT2D eigenvalue weighted by molar-refractivity contribution is -0.116. The Labute approximate surface area is 195 Å². The molecule has 1 N–H and O–H groups in total. The highest BCUT2D eigenvalue weighted by Gasteiger charge is 2.10. The minimum Gasteiger partial charge on any atom is -0.493 e. The van der Waals surface area contributed by atoms with Gasteiger partial charge in [-0.05, 0) is 66.1 Å².